The highest BCUT2D eigenvalue weighted by Gasteiger charge is 2.61. The van der Waals surface area contributed by atoms with Crippen molar-refractivity contribution in [2.24, 2.45) is 17.8 Å². The number of carboxylic acid groups (broad SMARTS) is 1. The van der Waals surface area contributed by atoms with E-state index in [9.17, 15) is 19.5 Å². The summed E-state index contributed by atoms with van der Waals surface area (Å²) in [5.74, 6) is -2.17. The first-order valence-electron chi connectivity index (χ1n) is 15.9. The first-order valence-corrected chi connectivity index (χ1v) is 16.8. The number of fused-ring (bicyclic) bond motifs is 3. The van der Waals surface area contributed by atoms with Crippen molar-refractivity contribution in [1.82, 2.24) is 20.2 Å². The van der Waals surface area contributed by atoms with Gasteiger partial charge in [0, 0.05) is 36.3 Å². The van der Waals surface area contributed by atoms with E-state index in [2.05, 4.69) is 24.5 Å². The Hall–Kier alpha value is -4.19. The molecule has 3 heterocycles. The van der Waals surface area contributed by atoms with Crippen LogP contribution in [-0.4, -0.2) is 76.1 Å². The maximum Gasteiger partial charge on any atom is 0.330 e. The Bertz CT molecular complexity index is 1670. The number of aromatic nitrogens is 2. The fourth-order valence-electron chi connectivity index (χ4n) is 6.61. The summed E-state index contributed by atoms with van der Waals surface area (Å²) in [4.78, 5) is 51.2. The van der Waals surface area contributed by atoms with Gasteiger partial charge in [0.25, 0.3) is 0 Å². The van der Waals surface area contributed by atoms with Crippen molar-refractivity contribution >= 4 is 45.0 Å². The maximum absolute atomic E-state index is 13.8. The molecule has 1 aliphatic heterocycles. The van der Waals surface area contributed by atoms with E-state index in [1.807, 2.05) is 41.8 Å². The molecule has 0 radical (unpaired) electrons. The van der Waals surface area contributed by atoms with Crippen molar-refractivity contribution in [3.8, 4) is 23.0 Å². The highest BCUT2D eigenvalue weighted by atomic mass is 32.1. The molecular formula is C34H41N5O6S. The van der Waals surface area contributed by atoms with Crippen molar-refractivity contribution in [1.29, 1.82) is 0 Å². The van der Waals surface area contributed by atoms with Crippen LogP contribution < -0.4 is 20.1 Å². The maximum atomic E-state index is 13.8. The molecule has 46 heavy (non-hydrogen) atoms. The molecule has 11 nitrogen and oxygen atoms in total. The van der Waals surface area contributed by atoms with E-state index in [-0.39, 0.29) is 24.3 Å². The van der Waals surface area contributed by atoms with Gasteiger partial charge in [-0.15, -0.1) is 11.3 Å². The predicted octanol–water partition coefficient (Wildman–Crippen LogP) is 5.12. The third-order valence-corrected chi connectivity index (χ3v) is 10.0. The number of nitrogens with zero attached hydrogens (tertiary/aromatic N) is 3. The zero-order chi connectivity index (χ0) is 32.6. The molecule has 0 bridgehead atoms. The van der Waals surface area contributed by atoms with Crippen LogP contribution in [0.1, 0.15) is 52.4 Å². The number of pyridine rings is 1. The number of carboxylic acids is 1. The molecule has 5 atom stereocenters. The average Bonchev–Trinajstić information content (AvgIpc) is 3.31. The van der Waals surface area contributed by atoms with E-state index in [1.165, 1.54) is 11.3 Å². The first-order chi connectivity index (χ1) is 22.1. The molecule has 1 aromatic carbocycles. The average molecular weight is 648 g/mol. The van der Waals surface area contributed by atoms with E-state index in [1.54, 1.807) is 19.1 Å². The summed E-state index contributed by atoms with van der Waals surface area (Å²) in [6.07, 6.45) is 6.83. The van der Waals surface area contributed by atoms with Gasteiger partial charge in [0.1, 0.15) is 23.1 Å². The summed E-state index contributed by atoms with van der Waals surface area (Å²) in [7, 11) is 3.38. The van der Waals surface area contributed by atoms with Crippen LogP contribution in [0.3, 0.4) is 0 Å². The van der Waals surface area contributed by atoms with Gasteiger partial charge in [-0.05, 0) is 82.0 Å². The fourth-order valence-corrected chi connectivity index (χ4v) is 7.46. The lowest BCUT2D eigenvalue weighted by molar-refractivity contribution is -0.145. The number of anilines is 1. The third-order valence-electron chi connectivity index (χ3n) is 9.24. The van der Waals surface area contributed by atoms with Gasteiger partial charge < -0.3 is 30.1 Å². The Morgan fingerprint density at radius 2 is 1.96 bits per heavy atom. The number of amides is 2. The van der Waals surface area contributed by atoms with E-state index in [0.717, 1.165) is 35.2 Å². The quantitative estimate of drug-likeness (QED) is 0.298. The minimum atomic E-state index is -1.34. The first kappa shape index (κ1) is 31.8. The zero-order valence-electron chi connectivity index (χ0n) is 26.6. The van der Waals surface area contributed by atoms with Gasteiger partial charge in [0.15, 0.2) is 5.13 Å². The number of carbonyl (C=O) groups is 3. The number of methoxy groups -OCH3 is 1. The molecule has 2 amide bonds. The fraction of sp³-hybridized carbons (Fsp3) is 0.500. The molecule has 5 unspecified atom stereocenters. The van der Waals surface area contributed by atoms with E-state index in [4.69, 9.17) is 19.4 Å². The predicted molar refractivity (Wildman–Crippen MR) is 176 cm³/mol. The third kappa shape index (κ3) is 6.40. The minimum absolute atomic E-state index is 0.125. The van der Waals surface area contributed by atoms with Crippen molar-refractivity contribution in [2.75, 3.05) is 26.0 Å². The van der Waals surface area contributed by atoms with Crippen LogP contribution in [0.25, 0.3) is 22.2 Å². The molecule has 2 aromatic heterocycles. The van der Waals surface area contributed by atoms with Gasteiger partial charge in [-0.25, -0.2) is 14.8 Å². The van der Waals surface area contributed by atoms with Crippen LogP contribution >= 0.6 is 11.3 Å². The van der Waals surface area contributed by atoms with E-state index in [0.29, 0.717) is 42.4 Å². The van der Waals surface area contributed by atoms with E-state index >= 15 is 0 Å². The largest absolute Gasteiger partial charge is 0.497 e. The number of hydrogen-bond donors (Lipinski definition) is 3. The highest BCUT2D eigenvalue weighted by Crippen LogP contribution is 2.46. The smallest absolute Gasteiger partial charge is 0.330 e. The summed E-state index contributed by atoms with van der Waals surface area (Å²) in [6.45, 7) is 4.69. The van der Waals surface area contributed by atoms with E-state index < -0.39 is 35.4 Å². The van der Waals surface area contributed by atoms with Crippen LogP contribution in [0.2, 0.25) is 0 Å². The summed E-state index contributed by atoms with van der Waals surface area (Å²) >= 11 is 1.50. The molecule has 6 rings (SSSR count). The Balaban J connectivity index is 1.32. The summed E-state index contributed by atoms with van der Waals surface area (Å²) in [5, 5.41) is 20.6. The van der Waals surface area contributed by atoms with Gasteiger partial charge in [0.2, 0.25) is 17.7 Å². The number of aliphatic carboxylic acids is 1. The lowest BCUT2D eigenvalue weighted by Gasteiger charge is -2.26. The number of nitrogens with one attached hydrogen (secondary N) is 2. The molecule has 244 valence electrons. The van der Waals surface area contributed by atoms with Crippen molar-refractivity contribution in [3.05, 3.63) is 41.8 Å². The molecule has 3 aromatic rings. The Morgan fingerprint density at radius 3 is 2.72 bits per heavy atom. The summed E-state index contributed by atoms with van der Waals surface area (Å²) in [6, 6.07) is 7.83. The molecule has 2 aliphatic carbocycles. The molecule has 2 fully saturated rings. The number of benzene rings is 1. The SMILES string of the molecule is COc1ccc2c(OC3CC4C(=O)NC5(C(=O)O)CC5/C=C\CCCCN(C)C(=O)C4C3)nc(-c3csc(NC(C)C)n3)cc2c1. The van der Waals surface area contributed by atoms with Gasteiger partial charge in [0.05, 0.1) is 24.6 Å². The van der Waals surface area contributed by atoms with Crippen LogP contribution in [-0.2, 0) is 14.4 Å². The van der Waals surface area contributed by atoms with Crippen molar-refractivity contribution in [2.45, 2.75) is 70.1 Å². The topological polar surface area (TPSA) is 143 Å². The van der Waals surface area contributed by atoms with Crippen LogP contribution in [0.5, 0.6) is 11.6 Å². The number of carbonyl (C=O) groups excluding carboxylic acids is 2. The molecule has 0 spiro atoms. The number of thiazole rings is 1. The normalized spacial score (nSPS) is 27.4. The molecule has 0 saturated heterocycles. The number of hydrogen-bond acceptors (Lipinski definition) is 9. The molecule has 2 saturated carbocycles. The molecular weight excluding hydrogens is 606 g/mol. The van der Waals surface area contributed by atoms with Gasteiger partial charge in [-0.1, -0.05) is 12.2 Å². The van der Waals surface area contributed by atoms with Gasteiger partial charge >= 0.3 is 5.97 Å². The highest BCUT2D eigenvalue weighted by molar-refractivity contribution is 7.14. The van der Waals surface area contributed by atoms with Gasteiger partial charge in [-0.3, -0.25) is 9.59 Å². The van der Waals surface area contributed by atoms with Crippen LogP contribution in [0.4, 0.5) is 5.13 Å². The van der Waals surface area contributed by atoms with Crippen molar-refractivity contribution < 1.29 is 29.0 Å². The van der Waals surface area contributed by atoms with Crippen LogP contribution in [0, 0.1) is 17.8 Å². The molecule has 12 heteroatoms. The Morgan fingerprint density at radius 1 is 1.15 bits per heavy atom. The second kappa shape index (κ2) is 12.9. The summed E-state index contributed by atoms with van der Waals surface area (Å²) in [5.41, 5.74) is -0.00591. The lowest BCUT2D eigenvalue weighted by atomic mass is 9.93. The number of ether oxygens (including phenoxy) is 2. The standard InChI is InChI=1S/C34H41N5O6S/c1-19(2)35-33-37-28(18-46-33)27-14-20-13-22(44-4)10-11-24(20)30(36-27)45-23-15-25-26(16-23)31(41)39(3)12-8-6-5-7-9-21-17-34(21,32(42)43)38-29(25)40/h7,9-11,13-14,18-19,21,23,25-26H,5-6,8,12,15-17H2,1-4H3,(H,35,37)(H,38,40)(H,42,43)/b9-7-. The Kier molecular flexibility index (Phi) is 8.91. The minimum Gasteiger partial charge on any atom is -0.497 e. The molecule has 3 N–H and O–H groups in total. The number of rotatable bonds is 7. The molecule has 3 aliphatic rings. The zero-order valence-corrected chi connectivity index (χ0v) is 27.4. The van der Waals surface area contributed by atoms with Crippen molar-refractivity contribution in [3.63, 3.8) is 0 Å². The van der Waals surface area contributed by atoms with Gasteiger partial charge in [-0.2, -0.15) is 0 Å². The van der Waals surface area contributed by atoms with Crippen LogP contribution in [0.15, 0.2) is 41.8 Å². The second-order valence-corrected chi connectivity index (χ2v) is 13.8. The monoisotopic (exact) mass is 647 g/mol. The number of allylic oxidation sites excluding steroid dienone is 1. The Labute approximate surface area is 272 Å². The summed E-state index contributed by atoms with van der Waals surface area (Å²) < 4.78 is 12.1. The second-order valence-electron chi connectivity index (χ2n) is 12.9. The lowest BCUT2D eigenvalue weighted by Crippen LogP contribution is -2.49.